The molecule has 16 heavy (non-hydrogen) atoms. The highest BCUT2D eigenvalue weighted by molar-refractivity contribution is 5.03. The van der Waals surface area contributed by atoms with Crippen LogP contribution in [-0.2, 0) is 0 Å². The third-order valence-electron chi connectivity index (χ3n) is 2.33. The Hall–Kier alpha value is -0.910. The first-order chi connectivity index (χ1) is 7.33. The van der Waals surface area contributed by atoms with Gasteiger partial charge in [0.05, 0.1) is 11.6 Å². The third kappa shape index (κ3) is 7.39. The SMILES string of the molecule is CCCCCCC(C)(C#N)/N=N/C(C)(C)C. The van der Waals surface area contributed by atoms with Gasteiger partial charge in [0, 0.05) is 0 Å². The largest absolute Gasteiger partial charge is 0.196 e. The Bertz CT molecular complexity index is 257. The Morgan fingerprint density at radius 3 is 2.06 bits per heavy atom. The normalized spacial score (nSPS) is 16.0. The zero-order chi connectivity index (χ0) is 12.7. The second-order valence-corrected chi connectivity index (χ2v) is 5.57. The third-order valence-corrected chi connectivity index (χ3v) is 2.33. The van der Waals surface area contributed by atoms with Crippen molar-refractivity contribution < 1.29 is 0 Å². The predicted octanol–water partition coefficient (Wildman–Crippen LogP) is 4.49. The molecule has 0 aromatic rings. The number of hydrogen-bond acceptors (Lipinski definition) is 3. The van der Waals surface area contributed by atoms with Crippen LogP contribution in [0.3, 0.4) is 0 Å². The van der Waals surface area contributed by atoms with Crippen molar-refractivity contribution in [1.82, 2.24) is 0 Å². The number of azo groups is 1. The van der Waals surface area contributed by atoms with Crippen LogP contribution in [0.2, 0.25) is 0 Å². The molecule has 0 aliphatic rings. The second kappa shape index (κ2) is 6.62. The van der Waals surface area contributed by atoms with Gasteiger partial charge in [0.25, 0.3) is 0 Å². The van der Waals surface area contributed by atoms with Gasteiger partial charge in [-0.1, -0.05) is 26.2 Å². The molecule has 0 aromatic heterocycles. The summed E-state index contributed by atoms with van der Waals surface area (Å²) in [5, 5.41) is 17.5. The number of nitriles is 1. The van der Waals surface area contributed by atoms with Crippen LogP contribution in [0.5, 0.6) is 0 Å². The van der Waals surface area contributed by atoms with Gasteiger partial charge in [-0.3, -0.25) is 0 Å². The lowest BCUT2D eigenvalue weighted by atomic mass is 9.97. The van der Waals surface area contributed by atoms with Gasteiger partial charge < -0.3 is 0 Å². The van der Waals surface area contributed by atoms with E-state index in [9.17, 15) is 0 Å². The van der Waals surface area contributed by atoms with E-state index < -0.39 is 5.54 Å². The minimum absolute atomic E-state index is 0.193. The Morgan fingerprint density at radius 1 is 1.00 bits per heavy atom. The number of unbranched alkanes of at least 4 members (excludes halogenated alkanes) is 3. The fourth-order valence-electron chi connectivity index (χ4n) is 1.28. The summed E-state index contributed by atoms with van der Waals surface area (Å²) in [5.74, 6) is 0. The van der Waals surface area contributed by atoms with Crippen molar-refractivity contribution in [1.29, 1.82) is 5.26 Å². The number of nitrogens with zero attached hydrogens (tertiary/aromatic N) is 3. The van der Waals surface area contributed by atoms with E-state index in [1.807, 2.05) is 27.7 Å². The number of rotatable bonds is 6. The molecule has 0 aliphatic heterocycles. The first-order valence-corrected chi connectivity index (χ1v) is 6.18. The molecule has 1 unspecified atom stereocenters. The molecule has 0 saturated heterocycles. The predicted molar refractivity (Wildman–Crippen MR) is 67.4 cm³/mol. The van der Waals surface area contributed by atoms with Crippen LogP contribution in [0.15, 0.2) is 10.2 Å². The van der Waals surface area contributed by atoms with Crippen molar-refractivity contribution in [2.24, 2.45) is 10.2 Å². The molecule has 0 amide bonds. The molecule has 3 nitrogen and oxygen atoms in total. The van der Waals surface area contributed by atoms with E-state index in [1.165, 1.54) is 19.3 Å². The van der Waals surface area contributed by atoms with E-state index in [2.05, 4.69) is 23.2 Å². The van der Waals surface area contributed by atoms with Crippen LogP contribution < -0.4 is 0 Å². The second-order valence-electron chi connectivity index (χ2n) is 5.57. The van der Waals surface area contributed by atoms with Crippen molar-refractivity contribution in [3.63, 3.8) is 0 Å². The first kappa shape index (κ1) is 15.1. The van der Waals surface area contributed by atoms with Crippen LogP contribution in [-0.4, -0.2) is 11.1 Å². The molecule has 0 rings (SSSR count). The van der Waals surface area contributed by atoms with Gasteiger partial charge in [-0.15, -0.1) is 0 Å². The minimum atomic E-state index is -0.638. The van der Waals surface area contributed by atoms with Gasteiger partial charge in [-0.05, 0) is 40.5 Å². The maximum Gasteiger partial charge on any atom is 0.164 e. The summed E-state index contributed by atoms with van der Waals surface area (Å²) >= 11 is 0. The summed E-state index contributed by atoms with van der Waals surface area (Å²) in [6.07, 6.45) is 5.49. The summed E-state index contributed by atoms with van der Waals surface area (Å²) in [4.78, 5) is 0. The van der Waals surface area contributed by atoms with Gasteiger partial charge in [0.1, 0.15) is 0 Å². The van der Waals surface area contributed by atoms with E-state index in [0.717, 1.165) is 12.8 Å². The van der Waals surface area contributed by atoms with Gasteiger partial charge in [-0.2, -0.15) is 15.5 Å². The molecular weight excluding hydrogens is 198 g/mol. The van der Waals surface area contributed by atoms with Crippen molar-refractivity contribution in [3.05, 3.63) is 0 Å². The molecule has 0 bridgehead atoms. The summed E-state index contributed by atoms with van der Waals surface area (Å²) in [6, 6.07) is 2.27. The smallest absolute Gasteiger partial charge is 0.164 e. The summed E-state index contributed by atoms with van der Waals surface area (Å²) in [7, 11) is 0. The zero-order valence-corrected chi connectivity index (χ0v) is 11.4. The molecule has 0 N–H and O–H groups in total. The molecule has 0 fully saturated rings. The average Bonchev–Trinajstić information content (AvgIpc) is 2.21. The van der Waals surface area contributed by atoms with Crippen LogP contribution >= 0.6 is 0 Å². The standard InChI is InChI=1S/C13H25N3/c1-6-7-8-9-10-13(5,11-14)16-15-12(2,3)4/h6-10H2,1-5H3/b16-15+. The fourth-order valence-corrected chi connectivity index (χ4v) is 1.28. The van der Waals surface area contributed by atoms with E-state index in [1.54, 1.807) is 0 Å². The Kier molecular flexibility index (Phi) is 6.25. The quantitative estimate of drug-likeness (QED) is 0.483. The van der Waals surface area contributed by atoms with Gasteiger partial charge in [0.15, 0.2) is 5.54 Å². The maximum atomic E-state index is 9.13. The molecule has 1 atom stereocenters. The molecule has 0 aliphatic carbocycles. The lowest BCUT2D eigenvalue weighted by molar-refractivity contribution is 0.440. The lowest BCUT2D eigenvalue weighted by Crippen LogP contribution is -2.20. The zero-order valence-electron chi connectivity index (χ0n) is 11.4. The maximum absolute atomic E-state index is 9.13. The van der Waals surface area contributed by atoms with Gasteiger partial charge in [-0.25, -0.2) is 0 Å². The Labute approximate surface area is 100.0 Å². The molecule has 0 aromatic carbocycles. The van der Waals surface area contributed by atoms with E-state index in [0.29, 0.717) is 0 Å². The van der Waals surface area contributed by atoms with Crippen molar-refractivity contribution >= 4 is 0 Å². The molecule has 92 valence electrons. The molecule has 0 saturated carbocycles. The van der Waals surface area contributed by atoms with E-state index in [-0.39, 0.29) is 5.54 Å². The fraction of sp³-hybridized carbons (Fsp3) is 0.923. The summed E-state index contributed by atoms with van der Waals surface area (Å²) in [5.41, 5.74) is -0.831. The monoisotopic (exact) mass is 223 g/mol. The van der Waals surface area contributed by atoms with E-state index >= 15 is 0 Å². The molecule has 0 spiro atoms. The van der Waals surface area contributed by atoms with Gasteiger partial charge >= 0.3 is 0 Å². The van der Waals surface area contributed by atoms with Crippen LogP contribution in [0.1, 0.15) is 66.7 Å². The molecule has 3 heteroatoms. The molecular formula is C13H25N3. The van der Waals surface area contributed by atoms with Crippen molar-refractivity contribution in [2.75, 3.05) is 0 Å². The van der Waals surface area contributed by atoms with Crippen molar-refractivity contribution in [3.8, 4) is 6.07 Å². The molecule has 0 heterocycles. The average molecular weight is 223 g/mol. The molecule has 0 radical (unpaired) electrons. The Morgan fingerprint density at radius 2 is 1.62 bits per heavy atom. The Balaban J connectivity index is 4.23. The lowest BCUT2D eigenvalue weighted by Gasteiger charge is -2.18. The van der Waals surface area contributed by atoms with Crippen molar-refractivity contribution in [2.45, 2.75) is 77.8 Å². The van der Waals surface area contributed by atoms with Crippen LogP contribution in [0, 0.1) is 11.3 Å². The van der Waals surface area contributed by atoms with Crippen LogP contribution in [0.25, 0.3) is 0 Å². The number of hydrogen-bond donors (Lipinski definition) is 0. The highest BCUT2D eigenvalue weighted by Crippen LogP contribution is 2.21. The highest BCUT2D eigenvalue weighted by atomic mass is 15.2. The topological polar surface area (TPSA) is 48.5 Å². The first-order valence-electron chi connectivity index (χ1n) is 6.18. The van der Waals surface area contributed by atoms with Crippen LogP contribution in [0.4, 0.5) is 0 Å². The van der Waals surface area contributed by atoms with Gasteiger partial charge in [0.2, 0.25) is 0 Å². The van der Waals surface area contributed by atoms with E-state index in [4.69, 9.17) is 5.26 Å². The summed E-state index contributed by atoms with van der Waals surface area (Å²) in [6.45, 7) is 10.0. The highest BCUT2D eigenvalue weighted by Gasteiger charge is 2.23. The minimum Gasteiger partial charge on any atom is -0.196 e. The summed E-state index contributed by atoms with van der Waals surface area (Å²) < 4.78 is 0.